The molecule has 0 saturated carbocycles. The Labute approximate surface area is 419 Å². The van der Waals surface area contributed by atoms with Crippen molar-refractivity contribution in [3.05, 3.63) is 72.4 Å². The van der Waals surface area contributed by atoms with Gasteiger partial charge in [-0.1, -0.05) is 178 Å². The number of allylic oxidation sites excluding steroid dienone is 8. The highest BCUT2D eigenvalue weighted by molar-refractivity contribution is 5.69. The van der Waals surface area contributed by atoms with Gasteiger partial charge in [-0.3, -0.25) is 9.59 Å². The predicted molar refractivity (Wildman–Crippen MR) is 291 cm³/mol. The molecule has 0 radical (unpaired) electrons. The van der Waals surface area contributed by atoms with Crippen molar-refractivity contribution in [2.75, 3.05) is 40.5 Å². The van der Waals surface area contributed by atoms with Gasteiger partial charge in [0, 0.05) is 25.5 Å². The molecule has 1 aromatic rings. The molecule has 0 fully saturated rings. The molecule has 0 spiro atoms. The maximum absolute atomic E-state index is 12.1. The summed E-state index contributed by atoms with van der Waals surface area (Å²) in [6.45, 7) is 7.84. The monoisotopic (exact) mass is 948 g/mol. The van der Waals surface area contributed by atoms with Crippen molar-refractivity contribution >= 4 is 11.9 Å². The second kappa shape index (κ2) is 50.1. The molecule has 0 N–H and O–H groups in total. The molecule has 0 aliphatic rings. The lowest BCUT2D eigenvalue weighted by atomic mass is 10.1. The summed E-state index contributed by atoms with van der Waals surface area (Å²) < 4.78 is 23.4. The summed E-state index contributed by atoms with van der Waals surface area (Å²) in [7, 11) is 4.17. The standard InChI is InChI=1S/C61H105NO6/c1-5-7-9-11-13-15-17-19-21-23-25-27-29-35-41-47-60(63)67-51-45-39-33-31-37-43-49-65-58-53-57(56-62(3)4)54-59(55-58)66-50-44-38-32-34-40-46-52-68-61(64)48-42-36-30-28-26-24-22-20-18-16-14-12-10-8-6-2/h13-16,19-22,53-55H,5-12,17-18,23-52,56H2,1-4H3/b15-13-,16-14-,21-19-,22-20-. The number of benzene rings is 1. The zero-order valence-electron chi connectivity index (χ0n) is 44.7. The third-order valence-corrected chi connectivity index (χ3v) is 12.2. The van der Waals surface area contributed by atoms with Crippen LogP contribution in [0.1, 0.15) is 251 Å². The first-order valence-corrected chi connectivity index (χ1v) is 28.4. The highest BCUT2D eigenvalue weighted by atomic mass is 16.5. The molecule has 0 bridgehead atoms. The van der Waals surface area contributed by atoms with Crippen LogP contribution in [0, 0.1) is 0 Å². The van der Waals surface area contributed by atoms with Crippen molar-refractivity contribution in [2.24, 2.45) is 0 Å². The van der Waals surface area contributed by atoms with Crippen LogP contribution in [0.2, 0.25) is 0 Å². The lowest BCUT2D eigenvalue weighted by molar-refractivity contribution is -0.144. The van der Waals surface area contributed by atoms with E-state index < -0.39 is 0 Å². The van der Waals surface area contributed by atoms with Crippen molar-refractivity contribution in [1.82, 2.24) is 4.90 Å². The van der Waals surface area contributed by atoms with Crippen LogP contribution in [0.5, 0.6) is 11.5 Å². The van der Waals surface area contributed by atoms with E-state index >= 15 is 0 Å². The van der Waals surface area contributed by atoms with Crippen LogP contribution in [0.15, 0.2) is 66.8 Å². The number of hydrogen-bond donors (Lipinski definition) is 0. The average molecular weight is 949 g/mol. The summed E-state index contributed by atoms with van der Waals surface area (Å²) in [6.07, 6.45) is 58.8. The molecule has 0 aromatic heterocycles. The van der Waals surface area contributed by atoms with Crippen molar-refractivity contribution in [3.63, 3.8) is 0 Å². The molecule has 0 aliphatic carbocycles. The Morgan fingerprint density at radius 2 is 0.721 bits per heavy atom. The lowest BCUT2D eigenvalue weighted by Gasteiger charge is -2.15. The fraction of sp³-hybridized carbons (Fsp3) is 0.738. The number of ether oxygens (including phenoxy) is 4. The van der Waals surface area contributed by atoms with E-state index in [4.69, 9.17) is 18.9 Å². The molecular formula is C61H105NO6. The molecule has 0 amide bonds. The number of unbranched alkanes of at least 4 members (excludes halogenated alkanes) is 26. The van der Waals surface area contributed by atoms with Gasteiger partial charge in [-0.2, -0.15) is 0 Å². The Balaban J connectivity index is 2.01. The minimum atomic E-state index is -0.0340. The van der Waals surface area contributed by atoms with E-state index in [2.05, 4.69) is 93.6 Å². The summed E-state index contributed by atoms with van der Waals surface area (Å²) in [4.78, 5) is 26.4. The lowest BCUT2D eigenvalue weighted by Crippen LogP contribution is -2.11. The molecule has 0 heterocycles. The maximum Gasteiger partial charge on any atom is 0.305 e. The second-order valence-corrected chi connectivity index (χ2v) is 19.4. The molecule has 0 saturated heterocycles. The molecule has 1 aromatic carbocycles. The Kier molecular flexibility index (Phi) is 46.2. The van der Waals surface area contributed by atoms with E-state index in [9.17, 15) is 9.59 Å². The topological polar surface area (TPSA) is 74.3 Å². The zero-order valence-corrected chi connectivity index (χ0v) is 44.7. The van der Waals surface area contributed by atoms with E-state index in [1.54, 1.807) is 0 Å². The molecule has 7 heteroatoms. The fourth-order valence-corrected chi connectivity index (χ4v) is 8.13. The number of hydrogen-bond acceptors (Lipinski definition) is 7. The molecule has 68 heavy (non-hydrogen) atoms. The van der Waals surface area contributed by atoms with Gasteiger partial charge in [-0.25, -0.2) is 0 Å². The summed E-state index contributed by atoms with van der Waals surface area (Å²) >= 11 is 0. The van der Waals surface area contributed by atoms with Gasteiger partial charge in [-0.15, -0.1) is 0 Å². The van der Waals surface area contributed by atoms with Gasteiger partial charge in [0.2, 0.25) is 0 Å². The van der Waals surface area contributed by atoms with E-state index in [-0.39, 0.29) is 11.9 Å². The van der Waals surface area contributed by atoms with Gasteiger partial charge in [0.25, 0.3) is 0 Å². The largest absolute Gasteiger partial charge is 0.493 e. The van der Waals surface area contributed by atoms with Gasteiger partial charge in [0.05, 0.1) is 26.4 Å². The first kappa shape index (κ1) is 62.7. The number of rotatable bonds is 50. The van der Waals surface area contributed by atoms with Crippen molar-refractivity contribution in [1.29, 1.82) is 0 Å². The number of carbonyl (C=O) groups is 2. The minimum absolute atomic E-state index is 0.0340. The predicted octanol–water partition coefficient (Wildman–Crippen LogP) is 17.9. The molecule has 0 atom stereocenters. The van der Waals surface area contributed by atoms with Crippen LogP contribution in [0.4, 0.5) is 0 Å². The van der Waals surface area contributed by atoms with Gasteiger partial charge in [0.1, 0.15) is 11.5 Å². The van der Waals surface area contributed by atoms with E-state index in [1.807, 2.05) is 6.07 Å². The van der Waals surface area contributed by atoms with Crippen LogP contribution in [-0.2, 0) is 25.6 Å². The number of esters is 2. The van der Waals surface area contributed by atoms with Crippen molar-refractivity contribution in [3.8, 4) is 11.5 Å². The summed E-state index contributed by atoms with van der Waals surface area (Å²) in [5.74, 6) is 1.70. The Hall–Kier alpha value is -3.32. The first-order chi connectivity index (χ1) is 33.4. The smallest absolute Gasteiger partial charge is 0.305 e. The highest BCUT2D eigenvalue weighted by Crippen LogP contribution is 2.25. The van der Waals surface area contributed by atoms with Gasteiger partial charge >= 0.3 is 11.9 Å². The summed E-state index contributed by atoms with van der Waals surface area (Å²) in [6, 6.07) is 6.31. The van der Waals surface area contributed by atoms with Crippen molar-refractivity contribution < 1.29 is 28.5 Å². The summed E-state index contributed by atoms with van der Waals surface area (Å²) in [5.41, 5.74) is 1.20. The quantitative estimate of drug-likeness (QED) is 0.0366. The van der Waals surface area contributed by atoms with Crippen LogP contribution < -0.4 is 9.47 Å². The van der Waals surface area contributed by atoms with Crippen LogP contribution in [0.3, 0.4) is 0 Å². The molecular weight excluding hydrogens is 843 g/mol. The number of carbonyl (C=O) groups excluding carboxylic acids is 2. The molecule has 7 nitrogen and oxygen atoms in total. The normalized spacial score (nSPS) is 11.9. The van der Waals surface area contributed by atoms with Gasteiger partial charge in [-0.05, 0) is 135 Å². The third-order valence-electron chi connectivity index (χ3n) is 12.2. The van der Waals surface area contributed by atoms with E-state index in [0.717, 1.165) is 134 Å². The second-order valence-electron chi connectivity index (χ2n) is 19.4. The molecule has 390 valence electrons. The van der Waals surface area contributed by atoms with Crippen LogP contribution in [0.25, 0.3) is 0 Å². The maximum atomic E-state index is 12.1. The Morgan fingerprint density at radius 3 is 1.09 bits per heavy atom. The zero-order chi connectivity index (χ0) is 49.1. The average Bonchev–Trinajstić information content (AvgIpc) is 3.32. The van der Waals surface area contributed by atoms with E-state index in [0.29, 0.717) is 39.3 Å². The minimum Gasteiger partial charge on any atom is -0.493 e. The van der Waals surface area contributed by atoms with Gasteiger partial charge in [0.15, 0.2) is 0 Å². The molecule has 0 aliphatic heterocycles. The third kappa shape index (κ3) is 45.1. The van der Waals surface area contributed by atoms with Crippen molar-refractivity contribution in [2.45, 2.75) is 252 Å². The SMILES string of the molecule is CCCCC/C=C\C/C=C\CCCCCCCC(=O)OCCCCCCCCOc1cc(CN(C)C)cc(OCCCCCCCCOC(=O)CCCCCCC/C=C\C/C=C\CCCCC)c1. The fourth-order valence-electron chi connectivity index (χ4n) is 8.13. The van der Waals surface area contributed by atoms with Gasteiger partial charge < -0.3 is 23.8 Å². The highest BCUT2D eigenvalue weighted by Gasteiger charge is 2.07. The number of nitrogens with zero attached hydrogens (tertiary/aromatic N) is 1. The summed E-state index contributed by atoms with van der Waals surface area (Å²) in [5, 5.41) is 0. The molecule has 1 rings (SSSR count). The Morgan fingerprint density at radius 1 is 0.397 bits per heavy atom. The Bertz CT molecular complexity index is 1300. The molecule has 0 unspecified atom stereocenters. The van der Waals surface area contributed by atoms with Crippen LogP contribution in [-0.4, -0.2) is 57.4 Å². The van der Waals surface area contributed by atoms with E-state index in [1.165, 1.54) is 108 Å². The first-order valence-electron chi connectivity index (χ1n) is 28.4. The van der Waals surface area contributed by atoms with Crippen LogP contribution >= 0.6 is 0 Å².